The molecule has 1 aromatic carbocycles. The number of benzene rings is 1. The summed E-state index contributed by atoms with van der Waals surface area (Å²) in [6.45, 7) is 1.91. The topological polar surface area (TPSA) is 9.23 Å². The van der Waals surface area contributed by atoms with Crippen LogP contribution in [-0.4, -0.2) is 7.11 Å². The average molecular weight is 266 g/mol. The Labute approximate surface area is 78.7 Å². The van der Waals surface area contributed by atoms with Crippen LogP contribution in [0.1, 0.15) is 5.56 Å². The number of aryl methyl sites for hydroxylation is 1. The first-order chi connectivity index (χ1) is 5.15. The number of rotatable bonds is 1. The fourth-order valence-corrected chi connectivity index (χ4v) is 1.60. The first-order valence-corrected chi connectivity index (χ1v) is 4.22. The van der Waals surface area contributed by atoms with E-state index in [9.17, 15) is 4.39 Å². The van der Waals surface area contributed by atoms with Crippen LogP contribution in [0.15, 0.2) is 12.1 Å². The zero-order chi connectivity index (χ0) is 8.43. The molecule has 0 N–H and O–H groups in total. The predicted molar refractivity (Wildman–Crippen MR) is 50.4 cm³/mol. The van der Waals surface area contributed by atoms with E-state index in [0.29, 0.717) is 9.32 Å². The molecule has 0 spiro atoms. The van der Waals surface area contributed by atoms with Crippen LogP contribution in [0.2, 0.25) is 0 Å². The molecule has 0 bridgehead atoms. The molecular weight excluding hydrogens is 258 g/mol. The molecule has 0 saturated carbocycles. The Morgan fingerprint density at radius 3 is 2.64 bits per heavy atom. The highest BCUT2D eigenvalue weighted by Crippen LogP contribution is 2.23. The van der Waals surface area contributed by atoms with Crippen molar-refractivity contribution in [3.8, 4) is 5.75 Å². The quantitative estimate of drug-likeness (QED) is 0.710. The lowest BCUT2D eigenvalue weighted by Gasteiger charge is -2.03. The molecule has 0 aliphatic rings. The van der Waals surface area contributed by atoms with E-state index in [1.54, 1.807) is 12.1 Å². The second kappa shape index (κ2) is 3.38. The van der Waals surface area contributed by atoms with Gasteiger partial charge in [-0.1, -0.05) is 0 Å². The van der Waals surface area contributed by atoms with Crippen LogP contribution in [0, 0.1) is 16.3 Å². The Bertz CT molecular complexity index is 273. The van der Waals surface area contributed by atoms with E-state index in [2.05, 4.69) is 0 Å². The average Bonchev–Trinajstić information content (AvgIpc) is 1.96. The Kier molecular flexibility index (Phi) is 2.70. The lowest BCUT2D eigenvalue weighted by atomic mass is 10.2. The number of hydrogen-bond acceptors (Lipinski definition) is 1. The summed E-state index contributed by atoms with van der Waals surface area (Å²) in [7, 11) is 1.47. The van der Waals surface area contributed by atoms with E-state index in [1.165, 1.54) is 7.11 Å². The molecule has 60 valence electrons. The molecule has 0 aliphatic heterocycles. The molecule has 3 heteroatoms. The van der Waals surface area contributed by atoms with Gasteiger partial charge in [0.2, 0.25) is 0 Å². The van der Waals surface area contributed by atoms with Gasteiger partial charge in [0, 0.05) is 0 Å². The summed E-state index contributed by atoms with van der Waals surface area (Å²) in [5.41, 5.74) is 1.01. The van der Waals surface area contributed by atoms with Gasteiger partial charge in [-0.05, 0) is 47.2 Å². The van der Waals surface area contributed by atoms with Crippen molar-refractivity contribution in [2.24, 2.45) is 0 Å². The van der Waals surface area contributed by atoms with Crippen LogP contribution in [0.4, 0.5) is 4.39 Å². The lowest BCUT2D eigenvalue weighted by Crippen LogP contribution is -1.91. The third-order valence-electron chi connectivity index (χ3n) is 1.36. The lowest BCUT2D eigenvalue weighted by molar-refractivity contribution is 0.384. The normalized spacial score (nSPS) is 9.82. The number of hydrogen-bond donors (Lipinski definition) is 0. The largest absolute Gasteiger partial charge is 0.494 e. The van der Waals surface area contributed by atoms with Crippen molar-refractivity contribution in [2.45, 2.75) is 6.92 Å². The molecule has 0 amide bonds. The molecule has 1 nitrogen and oxygen atoms in total. The maximum absolute atomic E-state index is 13.0. The second-order valence-electron chi connectivity index (χ2n) is 2.26. The summed E-state index contributed by atoms with van der Waals surface area (Å²) in [5, 5.41) is 0. The minimum absolute atomic E-state index is 0.279. The van der Waals surface area contributed by atoms with Crippen LogP contribution in [0.3, 0.4) is 0 Å². The summed E-state index contributed by atoms with van der Waals surface area (Å²) in [4.78, 5) is 0. The Hall–Kier alpha value is -0.320. The van der Waals surface area contributed by atoms with E-state index in [-0.39, 0.29) is 5.82 Å². The Balaban J connectivity index is 3.24. The van der Waals surface area contributed by atoms with Gasteiger partial charge in [-0.3, -0.25) is 0 Å². The van der Waals surface area contributed by atoms with Crippen LogP contribution >= 0.6 is 22.6 Å². The first-order valence-electron chi connectivity index (χ1n) is 3.15. The second-order valence-corrected chi connectivity index (χ2v) is 3.43. The molecule has 0 unspecified atom stereocenters. The van der Waals surface area contributed by atoms with Crippen molar-refractivity contribution in [3.63, 3.8) is 0 Å². The van der Waals surface area contributed by atoms with Crippen LogP contribution in [0.25, 0.3) is 0 Å². The third-order valence-corrected chi connectivity index (χ3v) is 2.14. The Morgan fingerprint density at radius 1 is 1.45 bits per heavy atom. The van der Waals surface area contributed by atoms with Gasteiger partial charge in [0.25, 0.3) is 0 Å². The molecule has 0 atom stereocenters. The van der Waals surface area contributed by atoms with Crippen molar-refractivity contribution < 1.29 is 9.13 Å². The van der Waals surface area contributed by atoms with Gasteiger partial charge < -0.3 is 4.74 Å². The number of methoxy groups -OCH3 is 1. The zero-order valence-electron chi connectivity index (χ0n) is 6.32. The van der Waals surface area contributed by atoms with Crippen LogP contribution in [0.5, 0.6) is 5.75 Å². The van der Waals surface area contributed by atoms with Gasteiger partial charge >= 0.3 is 0 Å². The molecular formula is C8H8FIO. The fraction of sp³-hybridized carbons (Fsp3) is 0.250. The molecule has 0 aliphatic carbocycles. The van der Waals surface area contributed by atoms with Crippen molar-refractivity contribution in [1.29, 1.82) is 0 Å². The molecule has 0 heterocycles. The summed E-state index contributed by atoms with van der Waals surface area (Å²) < 4.78 is 18.5. The molecule has 0 saturated heterocycles. The summed E-state index contributed by atoms with van der Waals surface area (Å²) in [5.74, 6) is 0.0353. The van der Waals surface area contributed by atoms with Gasteiger partial charge in [0.15, 0.2) is 11.6 Å². The highest BCUT2D eigenvalue weighted by Gasteiger charge is 2.06. The van der Waals surface area contributed by atoms with Gasteiger partial charge in [-0.15, -0.1) is 0 Å². The zero-order valence-corrected chi connectivity index (χ0v) is 8.48. The van der Waals surface area contributed by atoms with Gasteiger partial charge in [0.05, 0.1) is 10.7 Å². The predicted octanol–water partition coefficient (Wildman–Crippen LogP) is 2.75. The number of ether oxygens (including phenoxy) is 1. The van der Waals surface area contributed by atoms with Crippen LogP contribution in [-0.2, 0) is 0 Å². The van der Waals surface area contributed by atoms with Gasteiger partial charge in [0.1, 0.15) is 0 Å². The van der Waals surface area contributed by atoms with E-state index in [4.69, 9.17) is 4.74 Å². The molecule has 1 aromatic rings. The highest BCUT2D eigenvalue weighted by atomic mass is 127. The van der Waals surface area contributed by atoms with Gasteiger partial charge in [-0.25, -0.2) is 4.39 Å². The van der Waals surface area contributed by atoms with Crippen molar-refractivity contribution in [2.75, 3.05) is 7.11 Å². The van der Waals surface area contributed by atoms with Crippen LogP contribution < -0.4 is 4.74 Å². The first kappa shape index (κ1) is 8.77. The van der Waals surface area contributed by atoms with E-state index in [0.717, 1.165) is 5.56 Å². The van der Waals surface area contributed by atoms with Crippen molar-refractivity contribution in [1.82, 2.24) is 0 Å². The smallest absolute Gasteiger partial charge is 0.178 e. The maximum Gasteiger partial charge on any atom is 0.178 e. The monoisotopic (exact) mass is 266 g/mol. The van der Waals surface area contributed by atoms with E-state index in [1.807, 2.05) is 29.5 Å². The molecule has 0 aromatic heterocycles. The minimum Gasteiger partial charge on any atom is -0.494 e. The standard InChI is InChI=1S/C8H8FIO/c1-5-3-6(10)8(9)7(4-5)11-2/h3-4H,1-2H3. The van der Waals surface area contributed by atoms with E-state index >= 15 is 0 Å². The summed E-state index contributed by atoms with van der Waals surface area (Å²) in [6.07, 6.45) is 0. The Morgan fingerprint density at radius 2 is 2.09 bits per heavy atom. The summed E-state index contributed by atoms with van der Waals surface area (Å²) >= 11 is 1.94. The molecule has 1 rings (SSSR count). The fourth-order valence-electron chi connectivity index (χ4n) is 0.841. The van der Waals surface area contributed by atoms with Crippen molar-refractivity contribution >= 4 is 22.6 Å². The van der Waals surface area contributed by atoms with E-state index < -0.39 is 0 Å². The van der Waals surface area contributed by atoms with Crippen molar-refractivity contribution in [3.05, 3.63) is 27.1 Å². The molecule has 11 heavy (non-hydrogen) atoms. The minimum atomic E-state index is -0.279. The SMILES string of the molecule is COc1cc(C)cc(I)c1F. The highest BCUT2D eigenvalue weighted by molar-refractivity contribution is 14.1. The summed E-state index contributed by atoms with van der Waals surface area (Å²) in [6, 6.07) is 3.45. The third kappa shape index (κ3) is 1.83. The van der Waals surface area contributed by atoms with Gasteiger partial charge in [-0.2, -0.15) is 0 Å². The molecule has 0 fully saturated rings. The number of halogens is 2. The molecule has 0 radical (unpaired) electrons. The maximum atomic E-state index is 13.0.